The summed E-state index contributed by atoms with van der Waals surface area (Å²) in [4.78, 5) is 4.07. The summed E-state index contributed by atoms with van der Waals surface area (Å²) in [5.74, 6) is 0.573. The highest BCUT2D eigenvalue weighted by Gasteiger charge is 2.07. The van der Waals surface area contributed by atoms with Crippen molar-refractivity contribution in [3.05, 3.63) is 70.2 Å². The minimum atomic E-state index is 0.379. The van der Waals surface area contributed by atoms with Crippen LogP contribution < -0.4 is 0 Å². The predicted molar refractivity (Wildman–Crippen MR) is 94.8 cm³/mol. The minimum absolute atomic E-state index is 0.379. The van der Waals surface area contributed by atoms with Crippen LogP contribution in [0.5, 0.6) is 0 Å². The van der Waals surface area contributed by atoms with Gasteiger partial charge < -0.3 is 0 Å². The minimum Gasteiger partial charge on any atom is -0.264 e. The van der Waals surface area contributed by atoms with Gasteiger partial charge in [-0.3, -0.25) is 4.98 Å². The van der Waals surface area contributed by atoms with E-state index >= 15 is 0 Å². The van der Waals surface area contributed by atoms with Gasteiger partial charge in [0.25, 0.3) is 0 Å². The molecule has 0 saturated carbocycles. The topological polar surface area (TPSA) is 58.9 Å². The van der Waals surface area contributed by atoms with Gasteiger partial charge >= 0.3 is 0 Å². The second-order valence-electron chi connectivity index (χ2n) is 4.59. The number of hydrogen-bond donors (Lipinski definition) is 1. The number of aromatic nitrogens is 4. The van der Waals surface area contributed by atoms with E-state index in [0.717, 1.165) is 11.1 Å². The first kappa shape index (κ1) is 15.3. The van der Waals surface area contributed by atoms with E-state index in [1.54, 1.807) is 12.4 Å². The molecule has 0 aliphatic rings. The summed E-state index contributed by atoms with van der Waals surface area (Å²) in [6.07, 6.45) is 6.73. The van der Waals surface area contributed by atoms with Gasteiger partial charge in [-0.1, -0.05) is 41.9 Å². The maximum Gasteiger partial charge on any atom is 0.216 e. The number of halogens is 1. The number of nitrogens with zero attached hydrogens (tertiary/aromatic N) is 4. The molecule has 2 aromatic heterocycles. The van der Waals surface area contributed by atoms with Crippen LogP contribution in [0.2, 0.25) is 0 Å². The molecule has 0 amide bonds. The Kier molecular flexibility index (Phi) is 4.75. The smallest absolute Gasteiger partial charge is 0.216 e. The van der Waals surface area contributed by atoms with Crippen LogP contribution in [0.25, 0.3) is 17.5 Å². The molecule has 0 aliphatic heterocycles. The summed E-state index contributed by atoms with van der Waals surface area (Å²) in [6, 6.07) is 13.5. The Bertz CT molecular complexity index is 897. The number of pyridine rings is 1. The van der Waals surface area contributed by atoms with Crippen molar-refractivity contribution in [2.45, 2.75) is 0 Å². The highest BCUT2D eigenvalue weighted by Crippen LogP contribution is 2.16. The molecule has 0 atom stereocenters. The van der Waals surface area contributed by atoms with Gasteiger partial charge in [-0.05, 0) is 36.0 Å². The van der Waals surface area contributed by atoms with Gasteiger partial charge in [0.15, 0.2) is 5.82 Å². The molecule has 3 aromatic rings. The van der Waals surface area contributed by atoms with Crippen LogP contribution in [-0.2, 0) is 0 Å². The molecular formula is C16H12ClN5S. The van der Waals surface area contributed by atoms with Gasteiger partial charge in [-0.2, -0.15) is 14.9 Å². The molecule has 0 saturated heterocycles. The average molecular weight is 342 g/mol. The average Bonchev–Trinajstić information content (AvgIpc) is 2.95. The van der Waals surface area contributed by atoms with E-state index < -0.39 is 0 Å². The fraction of sp³-hybridized carbons (Fsp3) is 0. The normalized spacial score (nSPS) is 12.0. The number of allylic oxidation sites excluding steroid dienone is 1. The summed E-state index contributed by atoms with van der Waals surface area (Å²) in [5, 5.41) is 11.7. The number of rotatable bonds is 4. The Balaban J connectivity index is 1.90. The van der Waals surface area contributed by atoms with Crippen molar-refractivity contribution >= 4 is 36.1 Å². The van der Waals surface area contributed by atoms with Crippen LogP contribution in [-0.4, -0.2) is 26.1 Å². The molecule has 0 radical (unpaired) electrons. The van der Waals surface area contributed by atoms with Crippen molar-refractivity contribution in [2.24, 2.45) is 5.10 Å². The molecule has 23 heavy (non-hydrogen) atoms. The second-order valence-corrected chi connectivity index (χ2v) is 5.41. The maximum absolute atomic E-state index is 6.20. The summed E-state index contributed by atoms with van der Waals surface area (Å²) in [7, 11) is 0. The molecule has 5 nitrogen and oxygen atoms in total. The molecule has 0 fully saturated rings. The standard InChI is InChI=1S/C16H12ClN5S/c17-14(9-12-5-2-1-3-6-12)11-19-22-15(20-21-16(22)23)13-7-4-8-18-10-13/h1-11H,(H,21,23)/b14-9-,19-11+. The Morgan fingerprint density at radius 2 is 2.04 bits per heavy atom. The number of hydrogen-bond acceptors (Lipinski definition) is 4. The zero-order valence-corrected chi connectivity index (χ0v) is 13.5. The Labute approximate surface area is 143 Å². The van der Waals surface area contributed by atoms with Crippen molar-refractivity contribution < 1.29 is 0 Å². The molecule has 3 rings (SSSR count). The van der Waals surface area contributed by atoms with Crippen molar-refractivity contribution in [1.82, 2.24) is 19.9 Å². The summed E-state index contributed by atoms with van der Waals surface area (Å²) in [6.45, 7) is 0. The van der Waals surface area contributed by atoms with Crippen LogP contribution in [0.15, 0.2) is 65.0 Å². The molecule has 1 N–H and O–H groups in total. The maximum atomic E-state index is 6.20. The van der Waals surface area contributed by atoms with E-state index in [4.69, 9.17) is 23.8 Å². The van der Waals surface area contributed by atoms with Crippen LogP contribution in [0, 0.1) is 4.77 Å². The predicted octanol–water partition coefficient (Wildman–Crippen LogP) is 4.12. The Morgan fingerprint density at radius 1 is 1.22 bits per heavy atom. The molecule has 0 spiro atoms. The Hall–Kier alpha value is -2.57. The molecule has 2 heterocycles. The van der Waals surface area contributed by atoms with E-state index in [2.05, 4.69) is 20.3 Å². The van der Waals surface area contributed by atoms with E-state index in [1.807, 2.05) is 48.5 Å². The number of nitrogens with one attached hydrogen (secondary N) is 1. The van der Waals surface area contributed by atoms with Gasteiger partial charge in [0, 0.05) is 18.0 Å². The molecule has 114 valence electrons. The summed E-state index contributed by atoms with van der Waals surface area (Å²) in [5.41, 5.74) is 1.80. The van der Waals surface area contributed by atoms with Crippen molar-refractivity contribution in [2.75, 3.05) is 0 Å². The van der Waals surface area contributed by atoms with E-state index in [1.165, 1.54) is 10.9 Å². The first-order chi connectivity index (χ1) is 11.2. The van der Waals surface area contributed by atoms with E-state index in [-0.39, 0.29) is 0 Å². The van der Waals surface area contributed by atoms with Gasteiger partial charge in [0.1, 0.15) is 0 Å². The largest absolute Gasteiger partial charge is 0.264 e. The fourth-order valence-corrected chi connectivity index (χ4v) is 2.29. The van der Waals surface area contributed by atoms with Crippen molar-refractivity contribution in [1.29, 1.82) is 0 Å². The van der Waals surface area contributed by atoms with Crippen LogP contribution >= 0.6 is 23.8 Å². The fourth-order valence-electron chi connectivity index (χ4n) is 1.94. The summed E-state index contributed by atoms with van der Waals surface area (Å²) >= 11 is 11.4. The quantitative estimate of drug-likeness (QED) is 0.573. The molecule has 0 bridgehead atoms. The molecule has 0 aliphatic carbocycles. The third kappa shape index (κ3) is 3.80. The summed E-state index contributed by atoms with van der Waals surface area (Å²) < 4.78 is 1.89. The SMILES string of the molecule is S=c1[nH]nc(-c2cccnc2)n1/N=C/C(Cl)=C/c1ccccc1. The monoisotopic (exact) mass is 341 g/mol. The molecule has 7 heteroatoms. The number of benzene rings is 1. The lowest BCUT2D eigenvalue weighted by molar-refractivity contribution is 0.871. The van der Waals surface area contributed by atoms with Gasteiger partial charge in [-0.25, -0.2) is 5.10 Å². The third-order valence-electron chi connectivity index (χ3n) is 2.97. The van der Waals surface area contributed by atoms with Gasteiger partial charge in [0.05, 0.1) is 11.2 Å². The van der Waals surface area contributed by atoms with Crippen LogP contribution in [0.3, 0.4) is 0 Å². The highest BCUT2D eigenvalue weighted by molar-refractivity contribution is 7.71. The zero-order valence-electron chi connectivity index (χ0n) is 11.9. The van der Waals surface area contributed by atoms with E-state index in [0.29, 0.717) is 15.6 Å². The second kappa shape index (κ2) is 7.13. The molecule has 1 aromatic carbocycles. The lowest BCUT2D eigenvalue weighted by Gasteiger charge is -1.99. The Morgan fingerprint density at radius 3 is 2.78 bits per heavy atom. The first-order valence-electron chi connectivity index (χ1n) is 6.78. The van der Waals surface area contributed by atoms with Gasteiger partial charge in [-0.15, -0.1) is 0 Å². The number of aromatic amines is 1. The van der Waals surface area contributed by atoms with Crippen molar-refractivity contribution in [3.8, 4) is 11.4 Å². The zero-order chi connectivity index (χ0) is 16.1. The lowest BCUT2D eigenvalue weighted by atomic mass is 10.2. The van der Waals surface area contributed by atoms with Crippen LogP contribution in [0.4, 0.5) is 0 Å². The third-order valence-corrected chi connectivity index (χ3v) is 3.44. The van der Waals surface area contributed by atoms with Gasteiger partial charge in [0.2, 0.25) is 4.77 Å². The molecule has 0 unspecified atom stereocenters. The molecular weight excluding hydrogens is 330 g/mol. The first-order valence-corrected chi connectivity index (χ1v) is 7.57. The lowest BCUT2D eigenvalue weighted by Crippen LogP contribution is -1.94. The highest BCUT2D eigenvalue weighted by atomic mass is 35.5. The number of H-pyrrole nitrogens is 1. The van der Waals surface area contributed by atoms with Crippen LogP contribution in [0.1, 0.15) is 5.56 Å². The van der Waals surface area contributed by atoms with Crippen molar-refractivity contribution in [3.63, 3.8) is 0 Å². The van der Waals surface area contributed by atoms with E-state index in [9.17, 15) is 0 Å².